The minimum absolute atomic E-state index is 0.0375. The zero-order valence-corrected chi connectivity index (χ0v) is 10.6. The lowest BCUT2D eigenvalue weighted by Crippen LogP contribution is -2.27. The van der Waals surface area contributed by atoms with Gasteiger partial charge in [-0.25, -0.2) is 0 Å². The highest BCUT2D eigenvalue weighted by molar-refractivity contribution is 9.10. The summed E-state index contributed by atoms with van der Waals surface area (Å²) >= 11 is 3.41. The number of nitrogens with two attached hydrogens (primary N) is 1. The summed E-state index contributed by atoms with van der Waals surface area (Å²) < 4.78 is 1.09. The predicted molar refractivity (Wildman–Crippen MR) is 66.7 cm³/mol. The Hall–Kier alpha value is -0.870. The Balaban J connectivity index is 1.92. The van der Waals surface area contributed by atoms with Gasteiger partial charge in [-0.2, -0.15) is 0 Å². The van der Waals surface area contributed by atoms with Gasteiger partial charge in [0.2, 0.25) is 5.91 Å². The van der Waals surface area contributed by atoms with E-state index in [9.17, 15) is 4.79 Å². The second-order valence-corrected chi connectivity index (χ2v) is 5.17. The van der Waals surface area contributed by atoms with Crippen molar-refractivity contribution in [1.82, 2.24) is 4.90 Å². The molecule has 1 aliphatic rings. The molecule has 4 heteroatoms. The van der Waals surface area contributed by atoms with Gasteiger partial charge in [0.15, 0.2) is 0 Å². The van der Waals surface area contributed by atoms with E-state index in [4.69, 9.17) is 5.73 Å². The lowest BCUT2D eigenvalue weighted by atomic mass is 10.1. The quantitative estimate of drug-likeness (QED) is 0.918. The maximum Gasteiger partial charge on any atom is 0.221 e. The maximum absolute atomic E-state index is 11.0. The molecule has 0 bridgehead atoms. The van der Waals surface area contributed by atoms with Crippen molar-refractivity contribution in [3.05, 3.63) is 34.3 Å². The molecule has 2 N–H and O–H groups in total. The average molecular weight is 283 g/mol. The average Bonchev–Trinajstić information content (AvgIpc) is 2.70. The first-order valence-electron chi connectivity index (χ1n) is 5.41. The summed E-state index contributed by atoms with van der Waals surface area (Å²) in [7, 11) is 0. The van der Waals surface area contributed by atoms with Crippen LogP contribution in [0.3, 0.4) is 0 Å². The van der Waals surface area contributed by atoms with Crippen LogP contribution in [0.5, 0.6) is 0 Å². The minimum Gasteiger partial charge on any atom is -0.369 e. The normalized spacial score (nSPS) is 21.2. The van der Waals surface area contributed by atoms with Gasteiger partial charge < -0.3 is 5.73 Å². The fraction of sp³-hybridized carbons (Fsp3) is 0.417. The number of hydrogen-bond acceptors (Lipinski definition) is 2. The molecule has 2 rings (SSSR count). The molecule has 1 unspecified atom stereocenters. The molecule has 0 radical (unpaired) electrons. The molecule has 1 fully saturated rings. The van der Waals surface area contributed by atoms with E-state index in [1.807, 2.05) is 12.1 Å². The SMILES string of the molecule is NC(=O)C1CCN(Cc2ccc(Br)cc2)C1. The van der Waals surface area contributed by atoms with Crippen LogP contribution in [0.1, 0.15) is 12.0 Å². The topological polar surface area (TPSA) is 46.3 Å². The molecule has 0 saturated carbocycles. The molecule has 0 spiro atoms. The smallest absolute Gasteiger partial charge is 0.221 e. The van der Waals surface area contributed by atoms with Crippen LogP contribution in [0.2, 0.25) is 0 Å². The molecule has 0 aliphatic carbocycles. The second-order valence-electron chi connectivity index (χ2n) is 4.25. The fourth-order valence-corrected chi connectivity index (χ4v) is 2.32. The zero-order chi connectivity index (χ0) is 11.5. The van der Waals surface area contributed by atoms with Crippen molar-refractivity contribution in [1.29, 1.82) is 0 Å². The summed E-state index contributed by atoms with van der Waals surface area (Å²) in [5, 5.41) is 0. The Kier molecular flexibility index (Phi) is 3.61. The number of nitrogens with zero attached hydrogens (tertiary/aromatic N) is 1. The van der Waals surface area contributed by atoms with E-state index in [1.54, 1.807) is 0 Å². The first-order valence-corrected chi connectivity index (χ1v) is 6.20. The van der Waals surface area contributed by atoms with Crippen molar-refractivity contribution in [3.8, 4) is 0 Å². The van der Waals surface area contributed by atoms with Crippen LogP contribution in [0, 0.1) is 5.92 Å². The van der Waals surface area contributed by atoms with Gasteiger partial charge in [-0.3, -0.25) is 9.69 Å². The molecular formula is C12H15BrN2O. The van der Waals surface area contributed by atoms with E-state index < -0.39 is 0 Å². The fourth-order valence-electron chi connectivity index (χ4n) is 2.06. The summed E-state index contributed by atoms with van der Waals surface area (Å²) in [5.41, 5.74) is 6.57. The van der Waals surface area contributed by atoms with Gasteiger partial charge in [0.05, 0.1) is 5.92 Å². The summed E-state index contributed by atoms with van der Waals surface area (Å²) in [5.74, 6) is -0.131. The predicted octanol–water partition coefficient (Wildman–Crippen LogP) is 1.76. The van der Waals surface area contributed by atoms with Crippen molar-refractivity contribution >= 4 is 21.8 Å². The van der Waals surface area contributed by atoms with Crippen molar-refractivity contribution in [3.63, 3.8) is 0 Å². The van der Waals surface area contributed by atoms with Crippen molar-refractivity contribution in [2.24, 2.45) is 11.7 Å². The highest BCUT2D eigenvalue weighted by atomic mass is 79.9. The molecule has 0 aromatic heterocycles. The Labute approximate surface area is 104 Å². The van der Waals surface area contributed by atoms with Crippen LogP contribution >= 0.6 is 15.9 Å². The first kappa shape index (κ1) is 11.6. The number of carbonyl (C=O) groups excluding carboxylic acids is 1. The Morgan fingerprint density at radius 2 is 2.12 bits per heavy atom. The molecule has 1 heterocycles. The number of rotatable bonds is 3. The molecule has 3 nitrogen and oxygen atoms in total. The van der Waals surface area contributed by atoms with Crippen molar-refractivity contribution < 1.29 is 4.79 Å². The number of halogens is 1. The van der Waals surface area contributed by atoms with Gasteiger partial charge in [0, 0.05) is 17.6 Å². The van der Waals surface area contributed by atoms with Crippen LogP contribution in [0.15, 0.2) is 28.7 Å². The molecule has 86 valence electrons. The van der Waals surface area contributed by atoms with Crippen LogP contribution in [0.25, 0.3) is 0 Å². The molecule has 1 atom stereocenters. The monoisotopic (exact) mass is 282 g/mol. The van der Waals surface area contributed by atoms with Gasteiger partial charge in [-0.15, -0.1) is 0 Å². The lowest BCUT2D eigenvalue weighted by molar-refractivity contribution is -0.121. The summed E-state index contributed by atoms with van der Waals surface area (Å²) in [6.45, 7) is 2.66. The van der Waals surface area contributed by atoms with Crippen LogP contribution in [-0.2, 0) is 11.3 Å². The first-order chi connectivity index (χ1) is 7.65. The molecule has 1 aliphatic heterocycles. The number of hydrogen-bond donors (Lipinski definition) is 1. The van der Waals surface area contributed by atoms with Gasteiger partial charge in [-0.05, 0) is 30.7 Å². The second kappa shape index (κ2) is 4.97. The Morgan fingerprint density at radius 3 is 2.69 bits per heavy atom. The van der Waals surface area contributed by atoms with Gasteiger partial charge in [0.1, 0.15) is 0 Å². The lowest BCUT2D eigenvalue weighted by Gasteiger charge is -2.15. The third kappa shape index (κ3) is 2.83. The van der Waals surface area contributed by atoms with E-state index in [2.05, 4.69) is 33.0 Å². The van der Waals surface area contributed by atoms with Crippen LogP contribution in [-0.4, -0.2) is 23.9 Å². The Bertz CT molecular complexity index is 377. The number of likely N-dealkylation sites (tertiary alicyclic amines) is 1. The van der Waals surface area contributed by atoms with Gasteiger partial charge >= 0.3 is 0 Å². The standard InChI is InChI=1S/C12H15BrN2O/c13-11-3-1-9(2-4-11)7-15-6-5-10(8-15)12(14)16/h1-4,10H,5-8H2,(H2,14,16). The minimum atomic E-state index is -0.168. The summed E-state index contributed by atoms with van der Waals surface area (Å²) in [6, 6.07) is 8.28. The zero-order valence-electron chi connectivity index (χ0n) is 9.03. The Morgan fingerprint density at radius 1 is 1.44 bits per heavy atom. The van der Waals surface area contributed by atoms with E-state index in [1.165, 1.54) is 5.56 Å². The third-order valence-electron chi connectivity index (χ3n) is 2.99. The highest BCUT2D eigenvalue weighted by Gasteiger charge is 2.26. The van der Waals surface area contributed by atoms with Gasteiger partial charge in [0.25, 0.3) is 0 Å². The molecule has 1 amide bonds. The van der Waals surface area contributed by atoms with Crippen LogP contribution in [0.4, 0.5) is 0 Å². The molecule has 16 heavy (non-hydrogen) atoms. The number of benzene rings is 1. The maximum atomic E-state index is 11.0. The van der Waals surface area contributed by atoms with E-state index >= 15 is 0 Å². The van der Waals surface area contributed by atoms with E-state index in [-0.39, 0.29) is 11.8 Å². The number of primary amides is 1. The molecule has 1 aromatic carbocycles. The highest BCUT2D eigenvalue weighted by Crippen LogP contribution is 2.19. The van der Waals surface area contributed by atoms with Crippen LogP contribution < -0.4 is 5.73 Å². The summed E-state index contributed by atoms with van der Waals surface area (Å²) in [6.07, 6.45) is 0.895. The van der Waals surface area contributed by atoms with E-state index in [0.29, 0.717) is 0 Å². The van der Waals surface area contributed by atoms with E-state index in [0.717, 1.165) is 30.5 Å². The number of carbonyl (C=O) groups is 1. The summed E-state index contributed by atoms with van der Waals surface area (Å²) in [4.78, 5) is 13.3. The molecule has 1 aromatic rings. The number of amides is 1. The molecular weight excluding hydrogens is 268 g/mol. The van der Waals surface area contributed by atoms with Gasteiger partial charge in [-0.1, -0.05) is 28.1 Å². The van der Waals surface area contributed by atoms with Crippen molar-refractivity contribution in [2.75, 3.05) is 13.1 Å². The molecule has 1 saturated heterocycles. The largest absolute Gasteiger partial charge is 0.369 e. The van der Waals surface area contributed by atoms with Crippen molar-refractivity contribution in [2.45, 2.75) is 13.0 Å². The third-order valence-corrected chi connectivity index (χ3v) is 3.52.